The Morgan fingerprint density at radius 2 is 1.71 bits per heavy atom. The normalized spacial score (nSPS) is 11.3. The molecule has 4 rings (SSSR count). The van der Waals surface area contributed by atoms with Crippen LogP contribution >= 0.6 is 11.6 Å². The van der Waals surface area contributed by atoms with Gasteiger partial charge in [0.05, 0.1) is 12.8 Å². The number of rotatable bonds is 7. The van der Waals surface area contributed by atoms with Gasteiger partial charge in [-0.2, -0.15) is 0 Å². The molecule has 174 valence electrons. The number of nitrogens with one attached hydrogen (secondary N) is 1. The number of amides is 1. The van der Waals surface area contributed by atoms with Crippen molar-refractivity contribution in [2.45, 2.75) is 12.1 Å². The van der Waals surface area contributed by atoms with E-state index in [0.29, 0.717) is 33.4 Å². The molecular weight excluding hydrogens is 474 g/mol. The number of anilines is 1. The summed E-state index contributed by atoms with van der Waals surface area (Å²) in [4.78, 5) is 17.0. The van der Waals surface area contributed by atoms with Crippen LogP contribution < -0.4 is 10.1 Å². The van der Waals surface area contributed by atoms with E-state index in [4.69, 9.17) is 16.3 Å². The fourth-order valence-electron chi connectivity index (χ4n) is 3.41. The summed E-state index contributed by atoms with van der Waals surface area (Å²) in [5, 5.41) is 2.95. The van der Waals surface area contributed by atoms with Crippen LogP contribution in [-0.4, -0.2) is 36.7 Å². The topological polar surface area (TPSA) is 90.3 Å². The van der Waals surface area contributed by atoms with Crippen LogP contribution in [0.5, 0.6) is 5.75 Å². The molecule has 34 heavy (non-hydrogen) atoms. The van der Waals surface area contributed by atoms with Gasteiger partial charge in [-0.05, 0) is 67.1 Å². The number of carbonyl (C=O) groups is 1. The zero-order valence-electron chi connectivity index (χ0n) is 18.5. The summed E-state index contributed by atoms with van der Waals surface area (Å²) >= 11 is 6.01. The number of aryl methyl sites for hydroxylation is 1. The van der Waals surface area contributed by atoms with Gasteiger partial charge in [-0.3, -0.25) is 9.36 Å². The van der Waals surface area contributed by atoms with Gasteiger partial charge in [-0.15, -0.1) is 0 Å². The number of imidazole rings is 1. The lowest BCUT2D eigenvalue weighted by Crippen LogP contribution is -2.25. The monoisotopic (exact) mass is 495 g/mol. The Morgan fingerprint density at radius 3 is 2.35 bits per heavy atom. The fraction of sp³-hybridized carbons (Fsp3) is 0.120. The molecular formula is C25H22ClN3O4S. The van der Waals surface area contributed by atoms with Crippen LogP contribution in [-0.2, 0) is 14.6 Å². The molecule has 0 bridgehead atoms. The van der Waals surface area contributed by atoms with Gasteiger partial charge in [-0.1, -0.05) is 29.8 Å². The molecule has 1 N–H and O–H groups in total. The summed E-state index contributed by atoms with van der Waals surface area (Å²) in [6.07, 6.45) is 1.62. The Kier molecular flexibility index (Phi) is 6.72. The summed E-state index contributed by atoms with van der Waals surface area (Å²) in [6, 6.07) is 21.0. The molecule has 3 aromatic carbocycles. The predicted molar refractivity (Wildman–Crippen MR) is 132 cm³/mol. The Bertz CT molecular complexity index is 1430. The summed E-state index contributed by atoms with van der Waals surface area (Å²) in [7, 11) is -2.53. The molecule has 0 spiro atoms. The van der Waals surface area contributed by atoms with Gasteiger partial charge in [0.2, 0.25) is 20.9 Å². The van der Waals surface area contributed by atoms with Crippen molar-refractivity contribution in [1.29, 1.82) is 0 Å². The molecule has 1 heterocycles. The molecule has 0 atom stereocenters. The van der Waals surface area contributed by atoms with Crippen LogP contribution in [0.25, 0.3) is 16.9 Å². The minimum Gasteiger partial charge on any atom is -0.497 e. The van der Waals surface area contributed by atoms with E-state index in [-0.39, 0.29) is 5.16 Å². The number of hydrogen-bond acceptors (Lipinski definition) is 5. The van der Waals surface area contributed by atoms with Crippen LogP contribution in [0.2, 0.25) is 5.02 Å². The third-order valence-electron chi connectivity index (χ3n) is 5.18. The largest absolute Gasteiger partial charge is 0.497 e. The third kappa shape index (κ3) is 5.13. The second kappa shape index (κ2) is 9.70. The first-order valence-corrected chi connectivity index (χ1v) is 12.4. The second-order valence-corrected chi connectivity index (χ2v) is 9.93. The van der Waals surface area contributed by atoms with E-state index in [0.717, 1.165) is 5.56 Å². The first-order chi connectivity index (χ1) is 16.3. The number of hydrogen-bond donors (Lipinski definition) is 1. The average molecular weight is 496 g/mol. The van der Waals surface area contributed by atoms with E-state index < -0.39 is 21.5 Å². The highest BCUT2D eigenvalue weighted by atomic mass is 35.5. The molecule has 4 aromatic rings. The van der Waals surface area contributed by atoms with Crippen molar-refractivity contribution < 1.29 is 17.9 Å². The van der Waals surface area contributed by atoms with Crippen molar-refractivity contribution in [3.05, 3.63) is 89.6 Å². The average Bonchev–Trinajstić information content (AvgIpc) is 3.27. The van der Waals surface area contributed by atoms with Gasteiger partial charge in [-0.25, -0.2) is 13.4 Å². The molecule has 0 unspecified atom stereocenters. The van der Waals surface area contributed by atoms with E-state index in [9.17, 15) is 13.2 Å². The maximum Gasteiger partial charge on any atom is 0.240 e. The van der Waals surface area contributed by atoms with Gasteiger partial charge >= 0.3 is 0 Å². The zero-order valence-corrected chi connectivity index (χ0v) is 20.1. The van der Waals surface area contributed by atoms with Crippen LogP contribution in [0, 0.1) is 6.92 Å². The van der Waals surface area contributed by atoms with E-state index in [1.807, 2.05) is 19.1 Å². The summed E-state index contributed by atoms with van der Waals surface area (Å²) in [5.74, 6) is -0.735. The number of aromatic nitrogens is 2. The number of ether oxygens (including phenoxy) is 1. The highest BCUT2D eigenvalue weighted by Crippen LogP contribution is 2.27. The van der Waals surface area contributed by atoms with Crippen LogP contribution in [0.3, 0.4) is 0 Å². The smallest absolute Gasteiger partial charge is 0.240 e. The van der Waals surface area contributed by atoms with E-state index in [1.54, 1.807) is 74.0 Å². The molecule has 0 fully saturated rings. The second-order valence-electron chi connectivity index (χ2n) is 7.61. The Morgan fingerprint density at radius 1 is 1.03 bits per heavy atom. The fourth-order valence-corrected chi connectivity index (χ4v) is 4.77. The summed E-state index contributed by atoms with van der Waals surface area (Å²) in [6.45, 7) is 1.83. The highest BCUT2D eigenvalue weighted by molar-refractivity contribution is 7.92. The minimum absolute atomic E-state index is 0.236. The molecule has 0 aliphatic rings. The quantitative estimate of drug-likeness (QED) is 0.393. The Labute approximate surface area is 202 Å². The van der Waals surface area contributed by atoms with Crippen LogP contribution in [0.4, 0.5) is 5.69 Å². The highest BCUT2D eigenvalue weighted by Gasteiger charge is 2.27. The van der Waals surface area contributed by atoms with Gasteiger partial charge in [0.15, 0.2) is 0 Å². The molecule has 0 aliphatic heterocycles. The molecule has 0 radical (unpaired) electrons. The molecule has 1 aromatic heterocycles. The summed E-state index contributed by atoms with van der Waals surface area (Å²) < 4.78 is 33.3. The van der Waals surface area contributed by atoms with E-state index >= 15 is 0 Å². The number of carbonyl (C=O) groups excluding carboxylic acids is 1. The van der Waals surface area contributed by atoms with Gasteiger partial charge in [0.25, 0.3) is 0 Å². The lowest BCUT2D eigenvalue weighted by atomic mass is 10.1. The minimum atomic E-state index is -4.10. The molecule has 9 heteroatoms. The molecule has 1 amide bonds. The SMILES string of the molecule is COc1ccc(-c2cn(-c3ccc(Cl)cc3)c(S(=O)(=O)CC(=O)Nc3ccccc3C)n2)cc1. The Balaban J connectivity index is 1.71. The lowest BCUT2D eigenvalue weighted by molar-refractivity contribution is -0.113. The first-order valence-electron chi connectivity index (χ1n) is 10.3. The van der Waals surface area contributed by atoms with Crippen molar-refractivity contribution in [3.63, 3.8) is 0 Å². The molecule has 0 saturated heterocycles. The molecule has 0 saturated carbocycles. The van der Waals surface area contributed by atoms with Crippen LogP contribution in [0.15, 0.2) is 84.1 Å². The zero-order chi connectivity index (χ0) is 24.3. The van der Waals surface area contributed by atoms with Crippen molar-refractivity contribution in [1.82, 2.24) is 9.55 Å². The predicted octanol–water partition coefficient (Wildman–Crippen LogP) is 4.92. The number of methoxy groups -OCH3 is 1. The van der Waals surface area contributed by atoms with Crippen LogP contribution in [0.1, 0.15) is 5.56 Å². The van der Waals surface area contributed by atoms with Gasteiger partial charge < -0.3 is 10.1 Å². The maximum atomic E-state index is 13.3. The maximum absolute atomic E-state index is 13.3. The van der Waals surface area contributed by atoms with Gasteiger partial charge in [0, 0.05) is 28.2 Å². The number of nitrogens with zero attached hydrogens (tertiary/aromatic N) is 2. The number of para-hydroxylation sites is 1. The van der Waals surface area contributed by atoms with E-state index in [2.05, 4.69) is 10.3 Å². The van der Waals surface area contributed by atoms with Crippen molar-refractivity contribution in [2.75, 3.05) is 18.2 Å². The lowest BCUT2D eigenvalue weighted by Gasteiger charge is -2.10. The summed E-state index contributed by atoms with van der Waals surface area (Å²) in [5.41, 5.74) is 3.08. The standard InChI is InChI=1S/C25H22ClN3O4S/c1-17-5-3-4-6-22(17)27-24(30)16-34(31,32)25-28-23(18-7-13-21(33-2)14-8-18)15-29(25)20-11-9-19(26)10-12-20/h3-15H,16H2,1-2H3,(H,27,30). The van der Waals surface area contributed by atoms with Gasteiger partial charge in [0.1, 0.15) is 11.5 Å². The Hall–Kier alpha value is -3.62. The molecule has 0 aliphatic carbocycles. The van der Waals surface area contributed by atoms with Crippen molar-refractivity contribution in [2.24, 2.45) is 0 Å². The number of halogens is 1. The third-order valence-corrected chi connectivity index (χ3v) is 6.92. The van der Waals surface area contributed by atoms with Crippen molar-refractivity contribution in [3.8, 4) is 22.7 Å². The molecule has 7 nitrogen and oxygen atoms in total. The number of sulfone groups is 1. The van der Waals surface area contributed by atoms with E-state index in [1.165, 1.54) is 4.57 Å². The number of benzene rings is 3. The first kappa shape index (κ1) is 23.5. The van der Waals surface area contributed by atoms with Crippen molar-refractivity contribution >= 4 is 33.0 Å².